The first-order valence-corrected chi connectivity index (χ1v) is 8.61. The number of aromatic nitrogens is 2. The Balaban J connectivity index is 1.24. The zero-order valence-corrected chi connectivity index (χ0v) is 14.7. The minimum Gasteiger partial charge on any atom is -0.459 e. The molecule has 9 heteroatoms. The summed E-state index contributed by atoms with van der Waals surface area (Å²) in [6.45, 7) is 0.00234. The third-order valence-electron chi connectivity index (χ3n) is 4.20. The van der Waals surface area contributed by atoms with Gasteiger partial charge in [-0.2, -0.15) is 4.98 Å². The smallest absolute Gasteiger partial charge is 0.306 e. The van der Waals surface area contributed by atoms with E-state index in [-0.39, 0.29) is 43.1 Å². The van der Waals surface area contributed by atoms with E-state index in [1.54, 1.807) is 36.4 Å². The number of hydrogen-bond donors (Lipinski definition) is 0. The van der Waals surface area contributed by atoms with Gasteiger partial charge in [0.05, 0.1) is 17.4 Å². The van der Waals surface area contributed by atoms with Gasteiger partial charge < -0.3 is 13.7 Å². The average Bonchev–Trinajstić information content (AvgIpc) is 3.44. The van der Waals surface area contributed by atoms with Crippen molar-refractivity contribution in [2.75, 3.05) is 6.54 Å². The van der Waals surface area contributed by atoms with Gasteiger partial charge in [-0.3, -0.25) is 19.3 Å². The molecule has 3 aromatic rings. The number of rotatable bonds is 7. The zero-order valence-electron chi connectivity index (χ0n) is 14.7. The number of ether oxygens (including phenoxy) is 1. The molecule has 0 bridgehead atoms. The Kier molecular flexibility index (Phi) is 4.71. The van der Waals surface area contributed by atoms with Gasteiger partial charge in [0, 0.05) is 13.0 Å². The highest BCUT2D eigenvalue weighted by Gasteiger charge is 2.34. The van der Waals surface area contributed by atoms with Crippen LogP contribution in [-0.2, 0) is 16.1 Å². The van der Waals surface area contributed by atoms with E-state index >= 15 is 0 Å². The molecule has 2 aromatic heterocycles. The third-order valence-corrected chi connectivity index (χ3v) is 4.20. The van der Waals surface area contributed by atoms with Crippen molar-refractivity contribution in [2.45, 2.75) is 19.4 Å². The summed E-state index contributed by atoms with van der Waals surface area (Å²) in [6.07, 6.45) is 1.83. The molecule has 0 unspecified atom stereocenters. The molecule has 0 aliphatic carbocycles. The van der Waals surface area contributed by atoms with Gasteiger partial charge in [0.1, 0.15) is 0 Å². The number of nitrogens with zero attached hydrogens (tertiary/aromatic N) is 3. The summed E-state index contributed by atoms with van der Waals surface area (Å²) in [5.74, 6) is -0.341. The van der Waals surface area contributed by atoms with Crippen LogP contribution in [0, 0.1) is 0 Å². The van der Waals surface area contributed by atoms with E-state index < -0.39 is 5.97 Å². The second kappa shape index (κ2) is 7.47. The summed E-state index contributed by atoms with van der Waals surface area (Å²) in [4.78, 5) is 41.6. The Morgan fingerprint density at radius 1 is 1.07 bits per heavy atom. The van der Waals surface area contributed by atoms with Crippen molar-refractivity contribution >= 4 is 17.8 Å². The summed E-state index contributed by atoms with van der Waals surface area (Å²) in [5.41, 5.74) is 0.777. The van der Waals surface area contributed by atoms with Gasteiger partial charge in [-0.05, 0) is 30.7 Å². The second-order valence-electron chi connectivity index (χ2n) is 6.06. The number of amides is 2. The second-order valence-corrected chi connectivity index (χ2v) is 6.06. The Labute approximate surface area is 158 Å². The number of carbonyl (C=O) groups excluding carboxylic acids is 3. The maximum Gasteiger partial charge on any atom is 0.306 e. The average molecular weight is 381 g/mol. The minimum absolute atomic E-state index is 0.0519. The Morgan fingerprint density at radius 3 is 2.50 bits per heavy atom. The fourth-order valence-corrected chi connectivity index (χ4v) is 2.85. The van der Waals surface area contributed by atoms with Crippen LogP contribution < -0.4 is 0 Å². The van der Waals surface area contributed by atoms with Crippen molar-refractivity contribution < 1.29 is 28.1 Å². The first kappa shape index (κ1) is 17.7. The van der Waals surface area contributed by atoms with Crippen LogP contribution in [-0.4, -0.2) is 39.4 Å². The van der Waals surface area contributed by atoms with Gasteiger partial charge >= 0.3 is 5.97 Å². The van der Waals surface area contributed by atoms with Crippen molar-refractivity contribution in [1.29, 1.82) is 0 Å². The molecular formula is C19H15N3O6. The van der Waals surface area contributed by atoms with Crippen LogP contribution in [0.5, 0.6) is 0 Å². The van der Waals surface area contributed by atoms with Gasteiger partial charge in [0.25, 0.3) is 17.7 Å². The first-order valence-electron chi connectivity index (χ1n) is 8.61. The summed E-state index contributed by atoms with van der Waals surface area (Å²) in [7, 11) is 0. The van der Waals surface area contributed by atoms with Crippen molar-refractivity contribution in [3.05, 3.63) is 59.6 Å². The van der Waals surface area contributed by atoms with Crippen LogP contribution in [0.3, 0.4) is 0 Å². The van der Waals surface area contributed by atoms with E-state index in [0.29, 0.717) is 23.3 Å². The Hall–Kier alpha value is -3.75. The molecule has 28 heavy (non-hydrogen) atoms. The van der Waals surface area contributed by atoms with Crippen LogP contribution in [0.2, 0.25) is 0 Å². The van der Waals surface area contributed by atoms with E-state index in [1.165, 1.54) is 6.26 Å². The number of esters is 1. The van der Waals surface area contributed by atoms with Gasteiger partial charge in [0.2, 0.25) is 5.82 Å². The fourth-order valence-electron chi connectivity index (χ4n) is 2.85. The van der Waals surface area contributed by atoms with Gasteiger partial charge in [0.15, 0.2) is 12.4 Å². The van der Waals surface area contributed by atoms with Gasteiger partial charge in [-0.25, -0.2) is 0 Å². The molecule has 0 spiro atoms. The highest BCUT2D eigenvalue weighted by Crippen LogP contribution is 2.22. The van der Waals surface area contributed by atoms with Gasteiger partial charge in [-0.1, -0.05) is 17.3 Å². The van der Waals surface area contributed by atoms with Crippen LogP contribution in [0.4, 0.5) is 0 Å². The number of carbonyl (C=O) groups is 3. The number of fused-ring (bicyclic) bond motifs is 1. The molecule has 9 nitrogen and oxygen atoms in total. The van der Waals surface area contributed by atoms with Crippen LogP contribution >= 0.6 is 0 Å². The maximum atomic E-state index is 12.2. The molecule has 0 atom stereocenters. The lowest BCUT2D eigenvalue weighted by Crippen LogP contribution is -2.31. The minimum atomic E-state index is -0.485. The molecule has 1 aromatic carbocycles. The number of benzene rings is 1. The molecule has 1 aliphatic rings. The van der Waals surface area contributed by atoms with E-state index in [9.17, 15) is 14.4 Å². The lowest BCUT2D eigenvalue weighted by atomic mass is 10.1. The molecule has 0 radical (unpaired) electrons. The summed E-state index contributed by atoms with van der Waals surface area (Å²) in [5, 5.41) is 3.71. The van der Waals surface area contributed by atoms with Crippen molar-refractivity contribution in [3.8, 4) is 11.7 Å². The highest BCUT2D eigenvalue weighted by atomic mass is 16.5. The van der Waals surface area contributed by atoms with Crippen molar-refractivity contribution in [2.24, 2.45) is 0 Å². The lowest BCUT2D eigenvalue weighted by molar-refractivity contribution is -0.145. The first-order chi connectivity index (χ1) is 13.6. The monoisotopic (exact) mass is 381 g/mol. The number of furan rings is 1. The van der Waals surface area contributed by atoms with E-state index in [4.69, 9.17) is 13.7 Å². The summed E-state index contributed by atoms with van der Waals surface area (Å²) < 4.78 is 15.2. The van der Waals surface area contributed by atoms with Gasteiger partial charge in [-0.15, -0.1) is 0 Å². The molecule has 1 aliphatic heterocycles. The van der Waals surface area contributed by atoms with Crippen molar-refractivity contribution in [3.63, 3.8) is 0 Å². The molecule has 0 fully saturated rings. The lowest BCUT2D eigenvalue weighted by Gasteiger charge is -2.13. The highest BCUT2D eigenvalue weighted by molar-refractivity contribution is 6.21. The molecule has 0 N–H and O–H groups in total. The van der Waals surface area contributed by atoms with Crippen LogP contribution in [0.15, 0.2) is 51.6 Å². The standard InChI is InChI=1S/C19H15N3O6/c23-16(27-11-15-20-17(28-21-15)14-7-4-10-26-14)8-3-9-22-18(24)12-5-1-2-6-13(12)19(22)25/h1-2,4-7,10H,3,8-9,11H2. The Morgan fingerprint density at radius 2 is 1.82 bits per heavy atom. The molecular weight excluding hydrogens is 366 g/mol. The molecule has 4 rings (SSSR count). The van der Waals surface area contributed by atoms with Crippen LogP contribution in [0.1, 0.15) is 39.4 Å². The topological polar surface area (TPSA) is 116 Å². The van der Waals surface area contributed by atoms with Crippen molar-refractivity contribution in [1.82, 2.24) is 15.0 Å². The largest absolute Gasteiger partial charge is 0.459 e. The maximum absolute atomic E-state index is 12.2. The Bertz CT molecular complexity index is 989. The third kappa shape index (κ3) is 3.41. The molecule has 142 valence electrons. The fraction of sp³-hybridized carbons (Fsp3) is 0.211. The number of hydrogen-bond acceptors (Lipinski definition) is 8. The van der Waals surface area contributed by atoms with Crippen LogP contribution in [0.25, 0.3) is 11.7 Å². The molecule has 0 saturated heterocycles. The predicted octanol–water partition coefficient (Wildman–Crippen LogP) is 2.45. The van der Waals surface area contributed by atoms with E-state index in [2.05, 4.69) is 10.1 Å². The summed E-state index contributed by atoms with van der Waals surface area (Å²) >= 11 is 0. The zero-order chi connectivity index (χ0) is 19.5. The molecule has 3 heterocycles. The predicted molar refractivity (Wildman–Crippen MR) is 92.8 cm³/mol. The summed E-state index contributed by atoms with van der Waals surface area (Å²) in [6, 6.07) is 10.0. The SMILES string of the molecule is O=C(CCCN1C(=O)c2ccccc2C1=O)OCc1noc(-c2ccco2)n1. The van der Waals surface area contributed by atoms with E-state index in [0.717, 1.165) is 4.90 Å². The van der Waals surface area contributed by atoms with E-state index in [1.807, 2.05) is 0 Å². The quantitative estimate of drug-likeness (QED) is 0.453. The molecule has 0 saturated carbocycles. The molecule has 2 amide bonds. The number of imide groups is 1. The normalized spacial score (nSPS) is 13.1.